The minimum absolute atomic E-state index is 0.187. The Hall–Kier alpha value is -2.88. The largest absolute Gasteiger partial charge is 0.508 e. The van der Waals surface area contributed by atoms with E-state index in [4.69, 9.17) is 9.47 Å². The number of fused-ring (bicyclic) bond motifs is 5. The van der Waals surface area contributed by atoms with Crippen LogP contribution in [0.5, 0.6) is 23.0 Å². The molecule has 0 saturated carbocycles. The van der Waals surface area contributed by atoms with Gasteiger partial charge in [-0.05, 0) is 42.0 Å². The molecule has 3 aromatic rings. The molecule has 4 heteroatoms. The highest BCUT2D eigenvalue weighted by molar-refractivity contribution is 6.00. The third kappa shape index (κ3) is 1.77. The lowest BCUT2D eigenvalue weighted by Gasteiger charge is -2.23. The van der Waals surface area contributed by atoms with Crippen molar-refractivity contribution >= 4 is 10.8 Å². The van der Waals surface area contributed by atoms with Gasteiger partial charge in [-0.25, -0.2) is 0 Å². The molecule has 0 unspecified atom stereocenters. The fourth-order valence-electron chi connectivity index (χ4n) is 2.99. The number of rotatable bonds is 1. The van der Waals surface area contributed by atoms with Gasteiger partial charge in [0.2, 0.25) is 0 Å². The Bertz CT molecular complexity index is 899. The van der Waals surface area contributed by atoms with Crippen LogP contribution in [-0.2, 0) is 6.61 Å². The number of methoxy groups -OCH3 is 1. The van der Waals surface area contributed by atoms with E-state index in [2.05, 4.69) is 0 Å². The van der Waals surface area contributed by atoms with E-state index in [0.717, 1.165) is 33.2 Å². The molecule has 110 valence electrons. The van der Waals surface area contributed by atoms with Gasteiger partial charge >= 0.3 is 0 Å². The quantitative estimate of drug-likeness (QED) is 0.716. The molecule has 0 amide bonds. The van der Waals surface area contributed by atoms with Gasteiger partial charge in [0.05, 0.1) is 7.11 Å². The molecule has 0 aliphatic carbocycles. The molecule has 0 fully saturated rings. The van der Waals surface area contributed by atoms with E-state index in [9.17, 15) is 10.2 Å². The Morgan fingerprint density at radius 1 is 0.909 bits per heavy atom. The third-order valence-electron chi connectivity index (χ3n) is 4.00. The summed E-state index contributed by atoms with van der Waals surface area (Å²) in [4.78, 5) is 0. The molecule has 0 radical (unpaired) electrons. The average Bonchev–Trinajstić information content (AvgIpc) is 2.53. The molecule has 1 aliphatic rings. The Morgan fingerprint density at radius 2 is 1.68 bits per heavy atom. The minimum atomic E-state index is 0.187. The fourth-order valence-corrected chi connectivity index (χ4v) is 2.99. The zero-order valence-electron chi connectivity index (χ0n) is 12.0. The second-order valence-electron chi connectivity index (χ2n) is 5.32. The van der Waals surface area contributed by atoms with Crippen molar-refractivity contribution in [2.24, 2.45) is 0 Å². The molecule has 0 bridgehead atoms. The predicted octanol–water partition coefficient (Wildman–Crippen LogP) is 3.82. The number of benzene rings is 3. The lowest BCUT2D eigenvalue weighted by Crippen LogP contribution is -2.06. The van der Waals surface area contributed by atoms with E-state index < -0.39 is 0 Å². The molecule has 4 nitrogen and oxygen atoms in total. The average molecular weight is 294 g/mol. The normalized spacial score (nSPS) is 12.4. The minimum Gasteiger partial charge on any atom is -0.508 e. The van der Waals surface area contributed by atoms with Crippen LogP contribution in [-0.4, -0.2) is 17.3 Å². The van der Waals surface area contributed by atoms with E-state index in [1.54, 1.807) is 31.4 Å². The highest BCUT2D eigenvalue weighted by Crippen LogP contribution is 2.47. The van der Waals surface area contributed by atoms with Gasteiger partial charge in [-0.3, -0.25) is 0 Å². The van der Waals surface area contributed by atoms with Crippen molar-refractivity contribution in [1.82, 2.24) is 0 Å². The lowest BCUT2D eigenvalue weighted by atomic mass is 9.93. The Balaban J connectivity index is 2.08. The predicted molar refractivity (Wildman–Crippen MR) is 83.6 cm³/mol. The van der Waals surface area contributed by atoms with Gasteiger partial charge in [-0.1, -0.05) is 6.07 Å². The van der Waals surface area contributed by atoms with Crippen molar-refractivity contribution in [3.05, 3.63) is 48.0 Å². The molecule has 0 aromatic heterocycles. The summed E-state index contributed by atoms with van der Waals surface area (Å²) in [6, 6.07) is 12.3. The molecule has 3 aromatic carbocycles. The second kappa shape index (κ2) is 4.56. The van der Waals surface area contributed by atoms with Crippen LogP contribution in [0.3, 0.4) is 0 Å². The number of phenols is 2. The molecular weight excluding hydrogens is 280 g/mol. The summed E-state index contributed by atoms with van der Waals surface area (Å²) >= 11 is 0. The summed E-state index contributed by atoms with van der Waals surface area (Å²) < 4.78 is 11.4. The number of ether oxygens (including phenoxy) is 2. The summed E-state index contributed by atoms with van der Waals surface area (Å²) in [7, 11) is 1.60. The zero-order valence-corrected chi connectivity index (χ0v) is 12.0. The molecule has 4 rings (SSSR count). The molecule has 0 saturated heterocycles. The number of phenolic OH excluding ortho intramolecular Hbond substituents is 2. The molecule has 22 heavy (non-hydrogen) atoms. The molecule has 1 aliphatic heterocycles. The first kappa shape index (κ1) is 12.8. The van der Waals surface area contributed by atoms with Gasteiger partial charge < -0.3 is 19.7 Å². The summed E-state index contributed by atoms with van der Waals surface area (Å²) in [5.74, 6) is 1.86. The van der Waals surface area contributed by atoms with E-state index in [1.807, 2.05) is 18.2 Å². The highest BCUT2D eigenvalue weighted by Gasteiger charge is 2.22. The van der Waals surface area contributed by atoms with Crippen molar-refractivity contribution in [2.75, 3.05) is 7.11 Å². The van der Waals surface area contributed by atoms with Gasteiger partial charge in [0.25, 0.3) is 0 Å². The Morgan fingerprint density at radius 3 is 2.50 bits per heavy atom. The summed E-state index contributed by atoms with van der Waals surface area (Å²) in [6.07, 6.45) is 0. The SMILES string of the molecule is COc1cc2c(c3ccc(O)cc13)OCc1cc(O)ccc1-2. The number of hydrogen-bond donors (Lipinski definition) is 2. The fraction of sp³-hybridized carbons (Fsp3) is 0.111. The van der Waals surface area contributed by atoms with Gasteiger partial charge in [0.1, 0.15) is 29.6 Å². The summed E-state index contributed by atoms with van der Waals surface area (Å²) in [6.45, 7) is 0.402. The molecule has 0 spiro atoms. The molecule has 2 N–H and O–H groups in total. The van der Waals surface area contributed by atoms with Crippen LogP contribution >= 0.6 is 0 Å². The van der Waals surface area contributed by atoms with E-state index >= 15 is 0 Å². The highest BCUT2D eigenvalue weighted by atomic mass is 16.5. The van der Waals surface area contributed by atoms with Gasteiger partial charge in [0, 0.05) is 21.9 Å². The van der Waals surface area contributed by atoms with Crippen LogP contribution in [0.25, 0.3) is 21.9 Å². The van der Waals surface area contributed by atoms with E-state index in [-0.39, 0.29) is 11.5 Å². The van der Waals surface area contributed by atoms with Gasteiger partial charge in [-0.2, -0.15) is 0 Å². The van der Waals surface area contributed by atoms with Crippen molar-refractivity contribution in [1.29, 1.82) is 0 Å². The van der Waals surface area contributed by atoms with Crippen molar-refractivity contribution in [3.63, 3.8) is 0 Å². The molecule has 1 heterocycles. The first-order chi connectivity index (χ1) is 10.7. The Kier molecular flexibility index (Phi) is 2.66. The number of aromatic hydroxyl groups is 2. The van der Waals surface area contributed by atoms with Gasteiger partial charge in [-0.15, -0.1) is 0 Å². The van der Waals surface area contributed by atoms with Crippen LogP contribution in [0.1, 0.15) is 5.56 Å². The second-order valence-corrected chi connectivity index (χ2v) is 5.32. The van der Waals surface area contributed by atoms with Crippen LogP contribution in [0.15, 0.2) is 42.5 Å². The third-order valence-corrected chi connectivity index (χ3v) is 4.00. The summed E-state index contributed by atoms with van der Waals surface area (Å²) in [5, 5.41) is 21.1. The van der Waals surface area contributed by atoms with Crippen LogP contribution in [0.4, 0.5) is 0 Å². The molecule has 0 atom stereocenters. The van der Waals surface area contributed by atoms with Crippen LogP contribution < -0.4 is 9.47 Å². The maximum atomic E-state index is 9.72. The first-order valence-corrected chi connectivity index (χ1v) is 6.96. The van der Waals surface area contributed by atoms with Crippen molar-refractivity contribution in [2.45, 2.75) is 6.61 Å². The molecular formula is C18H14O4. The van der Waals surface area contributed by atoms with E-state index in [1.165, 1.54) is 0 Å². The van der Waals surface area contributed by atoms with E-state index in [0.29, 0.717) is 12.4 Å². The zero-order chi connectivity index (χ0) is 15.3. The first-order valence-electron chi connectivity index (χ1n) is 6.96. The maximum Gasteiger partial charge on any atom is 0.135 e. The van der Waals surface area contributed by atoms with Gasteiger partial charge in [0.15, 0.2) is 0 Å². The maximum absolute atomic E-state index is 9.72. The van der Waals surface area contributed by atoms with Crippen molar-refractivity contribution in [3.8, 4) is 34.1 Å². The lowest BCUT2D eigenvalue weighted by molar-refractivity contribution is 0.305. The summed E-state index contributed by atoms with van der Waals surface area (Å²) in [5.41, 5.74) is 2.89. The van der Waals surface area contributed by atoms with Crippen LogP contribution in [0, 0.1) is 0 Å². The smallest absolute Gasteiger partial charge is 0.135 e. The van der Waals surface area contributed by atoms with Crippen LogP contribution in [0.2, 0.25) is 0 Å². The topological polar surface area (TPSA) is 58.9 Å². The standard InChI is InChI=1S/C18H14O4/c1-21-17-8-16-13-4-2-11(19)6-10(13)9-22-18(16)14-5-3-12(20)7-15(14)17/h2-8,19-20H,9H2,1H3. The Labute approximate surface area is 127 Å². The van der Waals surface area contributed by atoms with Crippen molar-refractivity contribution < 1.29 is 19.7 Å². The monoisotopic (exact) mass is 294 g/mol. The number of hydrogen-bond acceptors (Lipinski definition) is 4.